The number of halogens is 1. The Morgan fingerprint density at radius 3 is 2.27 bits per heavy atom. The molecule has 0 heterocycles. The van der Waals surface area contributed by atoms with Crippen molar-refractivity contribution in [3.63, 3.8) is 0 Å². The smallest absolute Gasteiger partial charge is 0.102 e. The van der Waals surface area contributed by atoms with Crippen LogP contribution >= 0.6 is 0 Å². The summed E-state index contributed by atoms with van der Waals surface area (Å²) in [7, 11) is 0. The summed E-state index contributed by atoms with van der Waals surface area (Å²) < 4.78 is 12.9. The van der Waals surface area contributed by atoms with Crippen molar-refractivity contribution in [3.8, 4) is 0 Å². The summed E-state index contributed by atoms with van der Waals surface area (Å²) in [5.74, 6) is 0.174. The molecule has 0 aromatic carbocycles. The molecule has 1 unspecified atom stereocenters. The topological polar surface area (TPSA) is 26.0 Å². The van der Waals surface area contributed by atoms with Gasteiger partial charge in [0, 0.05) is 0 Å². The highest BCUT2D eigenvalue weighted by molar-refractivity contribution is 4.60. The molecule has 0 saturated carbocycles. The van der Waals surface area contributed by atoms with E-state index < -0.39 is 6.17 Å². The van der Waals surface area contributed by atoms with E-state index in [9.17, 15) is 4.39 Å². The molecule has 0 aliphatic heterocycles. The van der Waals surface area contributed by atoms with Crippen molar-refractivity contribution in [2.24, 2.45) is 11.7 Å². The van der Waals surface area contributed by atoms with Gasteiger partial charge in [0.25, 0.3) is 0 Å². The van der Waals surface area contributed by atoms with Crippen molar-refractivity contribution in [2.75, 3.05) is 6.54 Å². The molecule has 0 aliphatic carbocycles. The summed E-state index contributed by atoms with van der Waals surface area (Å²) in [6.07, 6.45) is 3.18. The zero-order valence-electron chi connectivity index (χ0n) is 7.65. The first kappa shape index (κ1) is 10.9. The van der Waals surface area contributed by atoms with E-state index in [0.717, 1.165) is 25.8 Å². The maximum atomic E-state index is 12.9. The maximum Gasteiger partial charge on any atom is 0.102 e. The number of hydrogen-bond donors (Lipinski definition) is 1. The predicted octanol–water partition coefficient (Wildman–Crippen LogP) is 2.50. The molecule has 2 N–H and O–H groups in total. The summed E-state index contributed by atoms with van der Waals surface area (Å²) >= 11 is 0. The van der Waals surface area contributed by atoms with Gasteiger partial charge in [-0.15, -0.1) is 0 Å². The van der Waals surface area contributed by atoms with Crippen LogP contribution in [0.25, 0.3) is 0 Å². The van der Waals surface area contributed by atoms with E-state index in [-0.39, 0.29) is 5.92 Å². The van der Waals surface area contributed by atoms with Gasteiger partial charge in [-0.1, -0.05) is 26.7 Å². The fraction of sp³-hybridized carbons (Fsp3) is 1.00. The van der Waals surface area contributed by atoms with E-state index in [2.05, 4.69) is 0 Å². The first-order valence-corrected chi connectivity index (χ1v) is 4.52. The maximum absolute atomic E-state index is 12.9. The van der Waals surface area contributed by atoms with Crippen molar-refractivity contribution < 1.29 is 4.39 Å². The number of unbranched alkanes of at least 4 members (excludes halogenated alkanes) is 2. The van der Waals surface area contributed by atoms with Crippen molar-refractivity contribution in [3.05, 3.63) is 0 Å². The van der Waals surface area contributed by atoms with E-state index in [4.69, 9.17) is 5.73 Å². The molecule has 0 fully saturated rings. The predicted molar refractivity (Wildman–Crippen MR) is 47.3 cm³/mol. The van der Waals surface area contributed by atoms with E-state index >= 15 is 0 Å². The number of alkyl halides is 1. The third kappa shape index (κ3) is 6.29. The monoisotopic (exact) mass is 161 g/mol. The van der Waals surface area contributed by atoms with Crippen molar-refractivity contribution in [1.82, 2.24) is 0 Å². The minimum absolute atomic E-state index is 0.174. The summed E-state index contributed by atoms with van der Waals surface area (Å²) in [6, 6.07) is 0. The highest BCUT2D eigenvalue weighted by Gasteiger charge is 2.09. The van der Waals surface area contributed by atoms with Crippen LogP contribution in [-0.4, -0.2) is 12.7 Å². The summed E-state index contributed by atoms with van der Waals surface area (Å²) in [6.45, 7) is 4.58. The van der Waals surface area contributed by atoms with Crippen LogP contribution in [0, 0.1) is 5.92 Å². The molecule has 0 bridgehead atoms. The van der Waals surface area contributed by atoms with Gasteiger partial charge in [0.1, 0.15) is 6.17 Å². The minimum atomic E-state index is -0.618. The molecule has 1 nitrogen and oxygen atoms in total. The number of rotatable bonds is 6. The molecular weight excluding hydrogens is 141 g/mol. The van der Waals surface area contributed by atoms with Gasteiger partial charge in [0.15, 0.2) is 0 Å². The third-order valence-corrected chi connectivity index (χ3v) is 1.91. The lowest BCUT2D eigenvalue weighted by Crippen LogP contribution is -2.08. The first-order chi connectivity index (χ1) is 5.18. The molecule has 0 rings (SSSR count). The number of hydrogen-bond acceptors (Lipinski definition) is 1. The first-order valence-electron chi connectivity index (χ1n) is 4.52. The van der Waals surface area contributed by atoms with Crippen LogP contribution < -0.4 is 5.73 Å². The van der Waals surface area contributed by atoms with Crippen LogP contribution in [0.1, 0.15) is 39.5 Å². The summed E-state index contributed by atoms with van der Waals surface area (Å²) in [5, 5.41) is 0. The molecule has 11 heavy (non-hydrogen) atoms. The largest absolute Gasteiger partial charge is 0.330 e. The van der Waals surface area contributed by atoms with Crippen LogP contribution in [-0.2, 0) is 0 Å². The van der Waals surface area contributed by atoms with E-state index in [1.807, 2.05) is 13.8 Å². The molecule has 1 atom stereocenters. The second-order valence-corrected chi connectivity index (χ2v) is 3.40. The Kier molecular flexibility index (Phi) is 6.52. The quantitative estimate of drug-likeness (QED) is 0.595. The molecule has 68 valence electrons. The average molecular weight is 161 g/mol. The van der Waals surface area contributed by atoms with Gasteiger partial charge in [-0.3, -0.25) is 0 Å². The van der Waals surface area contributed by atoms with Gasteiger partial charge in [0.2, 0.25) is 0 Å². The van der Waals surface area contributed by atoms with Gasteiger partial charge in [-0.2, -0.15) is 0 Å². The van der Waals surface area contributed by atoms with Crippen molar-refractivity contribution >= 4 is 0 Å². The average Bonchev–Trinajstić information content (AvgIpc) is 1.97. The molecule has 0 radical (unpaired) electrons. The Bertz CT molecular complexity index is 83.6. The lowest BCUT2D eigenvalue weighted by molar-refractivity contribution is 0.234. The minimum Gasteiger partial charge on any atom is -0.330 e. The fourth-order valence-corrected chi connectivity index (χ4v) is 0.994. The zero-order chi connectivity index (χ0) is 8.69. The summed E-state index contributed by atoms with van der Waals surface area (Å²) in [4.78, 5) is 0. The Labute approximate surface area is 69.2 Å². The second-order valence-electron chi connectivity index (χ2n) is 3.40. The Hall–Kier alpha value is -0.110. The lowest BCUT2D eigenvalue weighted by Gasteiger charge is -2.10. The van der Waals surface area contributed by atoms with E-state index in [1.54, 1.807) is 0 Å². The Balaban J connectivity index is 3.10. The van der Waals surface area contributed by atoms with E-state index in [0.29, 0.717) is 6.42 Å². The molecule has 2 heteroatoms. The van der Waals surface area contributed by atoms with Gasteiger partial charge < -0.3 is 5.73 Å². The van der Waals surface area contributed by atoms with Crippen LogP contribution in [0.4, 0.5) is 4.39 Å². The van der Waals surface area contributed by atoms with Crippen LogP contribution in [0.15, 0.2) is 0 Å². The Morgan fingerprint density at radius 2 is 1.82 bits per heavy atom. The van der Waals surface area contributed by atoms with Crippen LogP contribution in [0.2, 0.25) is 0 Å². The second kappa shape index (κ2) is 6.59. The third-order valence-electron chi connectivity index (χ3n) is 1.91. The Morgan fingerprint density at radius 1 is 1.18 bits per heavy atom. The molecule has 0 saturated heterocycles. The fourth-order valence-electron chi connectivity index (χ4n) is 0.994. The normalized spacial score (nSPS) is 13.9. The molecule has 0 amide bonds. The van der Waals surface area contributed by atoms with Crippen LogP contribution in [0.3, 0.4) is 0 Å². The SMILES string of the molecule is CC(C)C(F)CCCCCN. The van der Waals surface area contributed by atoms with Crippen molar-refractivity contribution in [2.45, 2.75) is 45.7 Å². The van der Waals surface area contributed by atoms with Gasteiger partial charge in [-0.05, 0) is 25.3 Å². The zero-order valence-corrected chi connectivity index (χ0v) is 7.65. The number of nitrogens with two attached hydrogens (primary N) is 1. The highest BCUT2D eigenvalue weighted by atomic mass is 19.1. The molecule has 0 aromatic rings. The standard InChI is InChI=1S/C9H20FN/c1-8(2)9(10)6-4-3-5-7-11/h8-9H,3-7,11H2,1-2H3. The lowest BCUT2D eigenvalue weighted by atomic mass is 10.0. The molecular formula is C9H20FN. The van der Waals surface area contributed by atoms with Gasteiger partial charge in [0.05, 0.1) is 0 Å². The van der Waals surface area contributed by atoms with Gasteiger partial charge in [-0.25, -0.2) is 4.39 Å². The van der Waals surface area contributed by atoms with E-state index in [1.165, 1.54) is 0 Å². The van der Waals surface area contributed by atoms with Gasteiger partial charge >= 0.3 is 0 Å². The summed E-state index contributed by atoms with van der Waals surface area (Å²) in [5.41, 5.74) is 5.31. The van der Waals surface area contributed by atoms with Crippen molar-refractivity contribution in [1.29, 1.82) is 0 Å². The van der Waals surface area contributed by atoms with Crippen LogP contribution in [0.5, 0.6) is 0 Å². The molecule has 0 aromatic heterocycles. The molecule has 0 spiro atoms. The highest BCUT2D eigenvalue weighted by Crippen LogP contribution is 2.13. The molecule has 0 aliphatic rings.